The summed E-state index contributed by atoms with van der Waals surface area (Å²) in [5.74, 6) is -6.60. The highest BCUT2D eigenvalue weighted by Gasteiger charge is 2.22. The van der Waals surface area contributed by atoms with E-state index in [0.29, 0.717) is 0 Å². The van der Waals surface area contributed by atoms with Crippen molar-refractivity contribution >= 4 is 0 Å². The van der Waals surface area contributed by atoms with Crippen LogP contribution in [0.15, 0.2) is 121 Å². The average Bonchev–Trinajstić information content (AvgIpc) is 2.86. The Kier molecular flexibility index (Phi) is 16.6. The monoisotopic (exact) mass is 496 g/mol. The molecule has 0 rings (SSSR count). The molecule has 2 atom stereocenters. The zero-order chi connectivity index (χ0) is 27.9. The van der Waals surface area contributed by atoms with Crippen molar-refractivity contribution in [1.82, 2.24) is 0 Å². The number of hydrogen-bond acceptors (Lipinski definition) is 3. The molecule has 0 radical (unpaired) electrons. The van der Waals surface area contributed by atoms with Crippen LogP contribution >= 0.6 is 0 Å². The maximum absolute atomic E-state index is 14.5. The van der Waals surface area contributed by atoms with E-state index < -0.39 is 41.1 Å². The van der Waals surface area contributed by atoms with Crippen LogP contribution in [0.3, 0.4) is 0 Å². The fourth-order valence-electron chi connectivity index (χ4n) is 1.95. The molecule has 194 valence electrons. The van der Waals surface area contributed by atoms with Gasteiger partial charge in [0, 0.05) is 17.1 Å². The van der Waals surface area contributed by atoms with Gasteiger partial charge in [0.2, 0.25) is 0 Å². The minimum atomic E-state index is -1.30. The van der Waals surface area contributed by atoms with Crippen LogP contribution < -0.4 is 0 Å². The number of methoxy groups -OCH3 is 1. The zero-order valence-electron chi connectivity index (χ0n) is 21.0. The molecular weight excluding hydrogens is 460 g/mol. The summed E-state index contributed by atoms with van der Waals surface area (Å²) in [4.78, 5) is 0. The summed E-state index contributed by atoms with van der Waals surface area (Å²) in [6.07, 6.45) is 4.32. The van der Waals surface area contributed by atoms with Crippen LogP contribution in [0.4, 0.5) is 17.6 Å². The van der Waals surface area contributed by atoms with Crippen LogP contribution in [0, 0.1) is 5.92 Å². The van der Waals surface area contributed by atoms with Gasteiger partial charge >= 0.3 is 0 Å². The first-order chi connectivity index (χ1) is 16.2. The number of aliphatic hydroxyl groups is 1. The Morgan fingerprint density at radius 2 is 1.34 bits per heavy atom. The molecule has 7 heteroatoms. The molecule has 3 nitrogen and oxygen atoms in total. The molecular formula is C28H36F4O3. The van der Waals surface area contributed by atoms with E-state index in [9.17, 15) is 17.6 Å². The van der Waals surface area contributed by atoms with Gasteiger partial charge in [-0.15, -0.1) is 6.58 Å². The summed E-state index contributed by atoms with van der Waals surface area (Å²) >= 11 is 0. The lowest BCUT2D eigenvalue weighted by atomic mass is 10.0. The summed E-state index contributed by atoms with van der Waals surface area (Å²) in [6.45, 7) is 28.6. The molecule has 0 aromatic carbocycles. The minimum Gasteiger partial charge on any atom is -0.509 e. The molecule has 0 saturated heterocycles. The molecule has 0 aliphatic heterocycles. The third-order valence-electron chi connectivity index (χ3n) is 4.54. The van der Waals surface area contributed by atoms with Gasteiger partial charge < -0.3 is 14.6 Å². The second-order valence-corrected chi connectivity index (χ2v) is 7.34. The van der Waals surface area contributed by atoms with Crippen molar-refractivity contribution in [1.29, 1.82) is 0 Å². The second kappa shape index (κ2) is 17.2. The summed E-state index contributed by atoms with van der Waals surface area (Å²) in [5, 5.41) is 9.01. The van der Waals surface area contributed by atoms with Crippen molar-refractivity contribution in [3.63, 3.8) is 0 Å². The van der Waals surface area contributed by atoms with Gasteiger partial charge in [-0.2, -0.15) is 4.39 Å². The first kappa shape index (κ1) is 33.9. The molecule has 1 N–H and O–H groups in total. The van der Waals surface area contributed by atoms with Gasteiger partial charge in [0.05, 0.1) is 19.8 Å². The smallest absolute Gasteiger partial charge is 0.200 e. The Labute approximate surface area is 206 Å². The maximum Gasteiger partial charge on any atom is 0.200 e. The number of aliphatic hydroxyl groups excluding tert-OH is 1. The third-order valence-corrected chi connectivity index (χ3v) is 4.54. The van der Waals surface area contributed by atoms with Crippen molar-refractivity contribution in [3.8, 4) is 0 Å². The first-order valence-electron chi connectivity index (χ1n) is 10.6. The SMILES string of the molecule is C=C(O)/C=C\C(=C)C(=C)/C(F)=C(/F)C(=C)C(C)OCC(C)C(=C)/C(F)=C(/F)C(=C)OC.C=CCC. The number of hydrogen-bond donors (Lipinski definition) is 1. The molecule has 0 heterocycles. The lowest BCUT2D eigenvalue weighted by Crippen LogP contribution is -2.18. The summed E-state index contributed by atoms with van der Waals surface area (Å²) in [6, 6.07) is 0. The van der Waals surface area contributed by atoms with Crippen LogP contribution in [0.2, 0.25) is 0 Å². The van der Waals surface area contributed by atoms with Crippen molar-refractivity contribution < 1.29 is 32.1 Å². The van der Waals surface area contributed by atoms with Crippen molar-refractivity contribution in [3.05, 3.63) is 121 Å². The minimum absolute atomic E-state index is 0.0103. The number of rotatable bonds is 14. The highest BCUT2D eigenvalue weighted by Crippen LogP contribution is 2.30. The van der Waals surface area contributed by atoms with Crippen LogP contribution in [0.5, 0.6) is 0 Å². The first-order valence-corrected chi connectivity index (χ1v) is 10.6. The van der Waals surface area contributed by atoms with Gasteiger partial charge in [-0.1, -0.05) is 65.5 Å². The van der Waals surface area contributed by atoms with Gasteiger partial charge in [0.15, 0.2) is 23.3 Å². The largest absolute Gasteiger partial charge is 0.509 e. The number of ether oxygens (including phenoxy) is 2. The fourth-order valence-corrected chi connectivity index (χ4v) is 1.95. The quantitative estimate of drug-likeness (QED) is 0.113. The molecule has 0 aromatic rings. The summed E-state index contributed by atoms with van der Waals surface area (Å²) in [5.41, 5.74) is -0.880. The van der Waals surface area contributed by atoms with Gasteiger partial charge in [-0.25, -0.2) is 13.2 Å². The Morgan fingerprint density at radius 1 is 0.857 bits per heavy atom. The number of halogens is 4. The van der Waals surface area contributed by atoms with Crippen molar-refractivity contribution in [2.75, 3.05) is 13.7 Å². The van der Waals surface area contributed by atoms with E-state index in [2.05, 4.69) is 57.7 Å². The molecule has 35 heavy (non-hydrogen) atoms. The predicted molar refractivity (Wildman–Crippen MR) is 137 cm³/mol. The van der Waals surface area contributed by atoms with Crippen molar-refractivity contribution in [2.24, 2.45) is 5.92 Å². The summed E-state index contributed by atoms with van der Waals surface area (Å²) < 4.78 is 66.7. The van der Waals surface area contributed by atoms with Crippen LogP contribution in [-0.4, -0.2) is 24.9 Å². The maximum atomic E-state index is 14.5. The summed E-state index contributed by atoms with van der Waals surface area (Å²) in [7, 11) is 1.14. The van der Waals surface area contributed by atoms with Gasteiger partial charge in [0.1, 0.15) is 11.5 Å². The van der Waals surface area contributed by atoms with Crippen LogP contribution in [0.1, 0.15) is 27.2 Å². The molecule has 0 saturated carbocycles. The normalized spacial score (nSPS) is 13.8. The Balaban J connectivity index is 0. The van der Waals surface area contributed by atoms with E-state index in [4.69, 9.17) is 9.84 Å². The van der Waals surface area contributed by atoms with Crippen LogP contribution in [0.25, 0.3) is 0 Å². The van der Waals surface area contributed by atoms with Crippen LogP contribution in [-0.2, 0) is 9.47 Å². The molecule has 0 fully saturated rings. The van der Waals surface area contributed by atoms with Crippen molar-refractivity contribution in [2.45, 2.75) is 33.3 Å². The average molecular weight is 497 g/mol. The van der Waals surface area contributed by atoms with E-state index in [1.807, 2.05) is 6.08 Å². The zero-order valence-corrected chi connectivity index (χ0v) is 21.0. The third kappa shape index (κ3) is 12.1. The van der Waals surface area contributed by atoms with E-state index in [-0.39, 0.29) is 34.7 Å². The molecule has 0 spiro atoms. The topological polar surface area (TPSA) is 38.7 Å². The molecule has 0 aliphatic rings. The van der Waals surface area contributed by atoms with Gasteiger partial charge in [-0.3, -0.25) is 0 Å². The molecule has 0 aromatic heterocycles. The molecule has 0 amide bonds. The highest BCUT2D eigenvalue weighted by molar-refractivity contribution is 5.50. The predicted octanol–water partition coefficient (Wildman–Crippen LogP) is 8.92. The Morgan fingerprint density at radius 3 is 1.77 bits per heavy atom. The standard InChI is InChI=1S/C24H28F4O3.C4H8/c1-13(10-11-15(3)29)16(4)21(25)23(27)18(6)19(7)31-12-14(2)17(5)22(26)24(28)20(8)30-9;1-3-4-2/h10-11,14,19,29H,1,3-6,8,12H2,2,7,9H3;3H,1,4H2,2H3/b11-10-,23-21-,24-22-;. The van der Waals surface area contributed by atoms with E-state index in [1.54, 1.807) is 0 Å². The Hall–Kier alpha value is -3.32. The fraction of sp³-hybridized carbons (Fsp3) is 0.286. The van der Waals surface area contributed by atoms with E-state index in [0.717, 1.165) is 19.6 Å². The second-order valence-electron chi connectivity index (χ2n) is 7.34. The van der Waals surface area contributed by atoms with Gasteiger partial charge in [0.25, 0.3) is 0 Å². The Bertz CT molecular complexity index is 936. The van der Waals surface area contributed by atoms with E-state index in [1.165, 1.54) is 19.9 Å². The molecule has 2 unspecified atom stereocenters. The van der Waals surface area contributed by atoms with E-state index >= 15 is 0 Å². The molecule has 0 aliphatic carbocycles. The molecule has 0 bridgehead atoms. The van der Waals surface area contributed by atoms with Gasteiger partial charge in [-0.05, 0) is 30.6 Å². The highest BCUT2D eigenvalue weighted by atomic mass is 19.2. The lowest BCUT2D eigenvalue weighted by molar-refractivity contribution is 0.0724. The lowest BCUT2D eigenvalue weighted by Gasteiger charge is -2.20. The number of allylic oxidation sites excluding steroid dienone is 8.